The van der Waals surface area contributed by atoms with Gasteiger partial charge in [-0.3, -0.25) is 0 Å². The fourth-order valence-electron chi connectivity index (χ4n) is 2.88. The largest absolute Gasteiger partial charge is 0.368 e. The van der Waals surface area contributed by atoms with E-state index in [4.69, 9.17) is 5.73 Å². The summed E-state index contributed by atoms with van der Waals surface area (Å²) in [6.07, 6.45) is 4.85. The van der Waals surface area contributed by atoms with Gasteiger partial charge in [0.1, 0.15) is 6.33 Å². The summed E-state index contributed by atoms with van der Waals surface area (Å²) in [6, 6.07) is 4.66. The summed E-state index contributed by atoms with van der Waals surface area (Å²) in [4.78, 5) is 12.1. The average molecular weight is 269 g/mol. The number of hydrogen-bond acceptors (Lipinski definition) is 5. The molecule has 20 heavy (non-hydrogen) atoms. The second kappa shape index (κ2) is 5.07. The van der Waals surface area contributed by atoms with Crippen molar-refractivity contribution in [2.45, 2.75) is 39.2 Å². The van der Waals surface area contributed by atoms with Crippen molar-refractivity contribution in [2.24, 2.45) is 0 Å². The van der Waals surface area contributed by atoms with E-state index in [2.05, 4.69) is 46.2 Å². The van der Waals surface area contributed by atoms with Crippen LogP contribution in [0.4, 0.5) is 11.9 Å². The van der Waals surface area contributed by atoms with Crippen LogP contribution in [0.25, 0.3) is 0 Å². The van der Waals surface area contributed by atoms with Crippen LogP contribution >= 0.6 is 0 Å². The van der Waals surface area contributed by atoms with Gasteiger partial charge in [-0.1, -0.05) is 12.1 Å². The number of nitrogens with zero attached hydrogens (tertiary/aromatic N) is 3. The Balaban J connectivity index is 1.92. The van der Waals surface area contributed by atoms with Gasteiger partial charge in [0, 0.05) is 0 Å². The minimum Gasteiger partial charge on any atom is -0.368 e. The lowest BCUT2D eigenvalue weighted by molar-refractivity contribution is 0.593. The highest BCUT2D eigenvalue weighted by Gasteiger charge is 2.22. The number of benzene rings is 1. The third-order valence-corrected chi connectivity index (χ3v) is 4.09. The Kier molecular flexibility index (Phi) is 3.26. The minimum atomic E-state index is 0.249. The van der Waals surface area contributed by atoms with E-state index in [1.807, 2.05) is 0 Å². The first-order valence-electron chi connectivity index (χ1n) is 6.95. The lowest BCUT2D eigenvalue weighted by Crippen LogP contribution is -2.20. The molecule has 1 aliphatic carbocycles. The van der Waals surface area contributed by atoms with Gasteiger partial charge in [0.25, 0.3) is 0 Å². The van der Waals surface area contributed by atoms with Crippen molar-refractivity contribution in [3.63, 3.8) is 0 Å². The molecule has 3 N–H and O–H groups in total. The number of anilines is 2. The van der Waals surface area contributed by atoms with Crippen LogP contribution in [0, 0.1) is 13.8 Å². The molecule has 1 heterocycles. The SMILES string of the molecule is Cc1ccc2c(c1C)CCCC2Nc1ncnc(N)n1. The summed E-state index contributed by atoms with van der Waals surface area (Å²) >= 11 is 0. The first-order chi connectivity index (χ1) is 9.65. The molecule has 1 atom stereocenters. The van der Waals surface area contributed by atoms with Crippen LogP contribution in [0.3, 0.4) is 0 Å². The lowest BCUT2D eigenvalue weighted by atomic mass is 9.84. The normalized spacial score (nSPS) is 17.6. The van der Waals surface area contributed by atoms with Crippen LogP contribution in [-0.4, -0.2) is 15.0 Å². The zero-order valence-corrected chi connectivity index (χ0v) is 11.8. The van der Waals surface area contributed by atoms with Gasteiger partial charge >= 0.3 is 0 Å². The van der Waals surface area contributed by atoms with Gasteiger partial charge in [0.2, 0.25) is 11.9 Å². The first-order valence-corrected chi connectivity index (χ1v) is 6.95. The molecule has 2 aromatic rings. The smallest absolute Gasteiger partial charge is 0.227 e. The standard InChI is InChI=1S/C15H19N5/c1-9-6-7-12-11(10(9)2)4-3-5-13(12)19-15-18-8-17-14(16)20-15/h6-8,13H,3-5H2,1-2H3,(H3,16,17,18,19,20). The predicted molar refractivity (Wildman–Crippen MR) is 79.5 cm³/mol. The molecule has 3 rings (SSSR count). The Hall–Kier alpha value is -2.17. The molecule has 0 saturated carbocycles. The highest BCUT2D eigenvalue weighted by Crippen LogP contribution is 2.34. The summed E-state index contributed by atoms with van der Waals surface area (Å²) in [5.74, 6) is 0.798. The third kappa shape index (κ3) is 2.31. The molecule has 1 aliphatic rings. The summed E-state index contributed by atoms with van der Waals surface area (Å²) in [5.41, 5.74) is 11.2. The van der Waals surface area contributed by atoms with Gasteiger partial charge in [-0.25, -0.2) is 9.97 Å². The predicted octanol–water partition coefficient (Wildman–Crippen LogP) is 2.56. The Morgan fingerprint density at radius 2 is 2.10 bits per heavy atom. The quantitative estimate of drug-likeness (QED) is 0.876. The van der Waals surface area contributed by atoms with E-state index in [9.17, 15) is 0 Å². The van der Waals surface area contributed by atoms with Crippen molar-refractivity contribution in [3.05, 3.63) is 40.7 Å². The van der Waals surface area contributed by atoms with Gasteiger partial charge in [-0.2, -0.15) is 4.98 Å². The van der Waals surface area contributed by atoms with Crippen LogP contribution in [0.15, 0.2) is 18.5 Å². The summed E-state index contributed by atoms with van der Waals surface area (Å²) in [6.45, 7) is 4.37. The highest BCUT2D eigenvalue weighted by atomic mass is 15.2. The molecule has 1 aromatic carbocycles. The van der Waals surface area contributed by atoms with Crippen molar-refractivity contribution in [3.8, 4) is 0 Å². The molecule has 1 unspecified atom stereocenters. The molecular weight excluding hydrogens is 250 g/mol. The maximum absolute atomic E-state index is 5.60. The zero-order valence-electron chi connectivity index (χ0n) is 11.8. The molecule has 0 saturated heterocycles. The fraction of sp³-hybridized carbons (Fsp3) is 0.400. The minimum absolute atomic E-state index is 0.249. The molecule has 0 bridgehead atoms. The molecule has 0 fully saturated rings. The molecule has 104 valence electrons. The van der Waals surface area contributed by atoms with Gasteiger partial charge in [0.15, 0.2) is 0 Å². The fourth-order valence-corrected chi connectivity index (χ4v) is 2.88. The van der Waals surface area contributed by atoms with Crippen molar-refractivity contribution in [1.29, 1.82) is 0 Å². The molecule has 0 aliphatic heterocycles. The maximum Gasteiger partial charge on any atom is 0.227 e. The van der Waals surface area contributed by atoms with Crippen LogP contribution in [-0.2, 0) is 6.42 Å². The van der Waals surface area contributed by atoms with Crippen LogP contribution in [0.5, 0.6) is 0 Å². The van der Waals surface area contributed by atoms with Crippen molar-refractivity contribution >= 4 is 11.9 Å². The van der Waals surface area contributed by atoms with E-state index < -0.39 is 0 Å². The average Bonchev–Trinajstić information content (AvgIpc) is 2.43. The second-order valence-electron chi connectivity index (χ2n) is 5.33. The number of fused-ring (bicyclic) bond motifs is 1. The van der Waals surface area contributed by atoms with Gasteiger partial charge in [0.05, 0.1) is 6.04 Å². The Bertz CT molecular complexity index is 638. The Morgan fingerprint density at radius 3 is 2.90 bits per heavy atom. The van der Waals surface area contributed by atoms with Crippen LogP contribution in [0.2, 0.25) is 0 Å². The number of aromatic nitrogens is 3. The Labute approximate surface area is 118 Å². The maximum atomic E-state index is 5.60. The van der Waals surface area contributed by atoms with Gasteiger partial charge in [-0.15, -0.1) is 0 Å². The number of nitrogen functional groups attached to an aromatic ring is 1. The van der Waals surface area contributed by atoms with E-state index in [1.165, 1.54) is 35.0 Å². The first kappa shape index (κ1) is 12.8. The molecule has 0 radical (unpaired) electrons. The third-order valence-electron chi connectivity index (χ3n) is 4.09. The summed E-state index contributed by atoms with van der Waals surface area (Å²) in [7, 11) is 0. The molecule has 5 nitrogen and oxygen atoms in total. The monoisotopic (exact) mass is 269 g/mol. The van der Waals surface area contributed by atoms with Crippen molar-refractivity contribution in [2.75, 3.05) is 11.1 Å². The van der Waals surface area contributed by atoms with Crippen molar-refractivity contribution < 1.29 is 0 Å². The van der Waals surface area contributed by atoms with E-state index in [1.54, 1.807) is 0 Å². The number of hydrogen-bond donors (Lipinski definition) is 2. The van der Waals surface area contributed by atoms with Crippen molar-refractivity contribution in [1.82, 2.24) is 15.0 Å². The molecule has 1 aromatic heterocycles. The summed E-state index contributed by atoms with van der Waals surface area (Å²) in [5, 5.41) is 3.38. The summed E-state index contributed by atoms with van der Waals surface area (Å²) < 4.78 is 0. The number of rotatable bonds is 2. The van der Waals surface area contributed by atoms with E-state index in [-0.39, 0.29) is 12.0 Å². The number of nitrogens with one attached hydrogen (secondary N) is 1. The van der Waals surface area contributed by atoms with Gasteiger partial charge in [-0.05, 0) is 55.4 Å². The lowest BCUT2D eigenvalue weighted by Gasteiger charge is -2.28. The van der Waals surface area contributed by atoms with E-state index in [0.29, 0.717) is 5.95 Å². The number of nitrogens with two attached hydrogens (primary N) is 1. The number of aryl methyl sites for hydroxylation is 1. The topological polar surface area (TPSA) is 76.7 Å². The molecule has 0 amide bonds. The highest BCUT2D eigenvalue weighted by molar-refractivity contribution is 5.45. The van der Waals surface area contributed by atoms with Crippen LogP contribution < -0.4 is 11.1 Å². The zero-order chi connectivity index (χ0) is 14.1. The molecule has 0 spiro atoms. The molecule has 5 heteroatoms. The van der Waals surface area contributed by atoms with Crippen LogP contribution in [0.1, 0.15) is 41.1 Å². The second-order valence-corrected chi connectivity index (χ2v) is 5.33. The van der Waals surface area contributed by atoms with Gasteiger partial charge < -0.3 is 11.1 Å². The van der Waals surface area contributed by atoms with E-state index >= 15 is 0 Å². The Morgan fingerprint density at radius 1 is 1.25 bits per heavy atom. The molecular formula is C15H19N5. The van der Waals surface area contributed by atoms with E-state index in [0.717, 1.165) is 12.8 Å².